The van der Waals surface area contributed by atoms with Gasteiger partial charge in [-0.15, -0.1) is 0 Å². The second-order valence-electron chi connectivity index (χ2n) is 15.1. The topological polar surface area (TPSA) is 163 Å². The van der Waals surface area contributed by atoms with Crippen molar-refractivity contribution in [3.8, 4) is 45.6 Å². The first-order valence-electron chi connectivity index (χ1n) is 19.7. The van der Waals surface area contributed by atoms with Crippen molar-refractivity contribution in [1.82, 2.24) is 10.6 Å². The van der Waals surface area contributed by atoms with Gasteiger partial charge in [-0.05, 0) is 73.2 Å². The average molecular weight is 770 g/mol. The lowest BCUT2D eigenvalue weighted by molar-refractivity contribution is 0.0876. The van der Waals surface area contributed by atoms with E-state index in [0.717, 1.165) is 34.4 Å². The molecule has 0 amide bonds. The molecule has 4 atom stereocenters. The van der Waals surface area contributed by atoms with Gasteiger partial charge in [0.05, 0.1) is 32.0 Å². The van der Waals surface area contributed by atoms with Crippen LogP contribution in [0.15, 0.2) is 48.5 Å². The van der Waals surface area contributed by atoms with Crippen LogP contribution in [0.1, 0.15) is 83.9 Å². The van der Waals surface area contributed by atoms with Gasteiger partial charge in [-0.2, -0.15) is 0 Å². The van der Waals surface area contributed by atoms with E-state index in [9.17, 15) is 20.4 Å². The van der Waals surface area contributed by atoms with Crippen LogP contribution in [0.5, 0.6) is 34.5 Å². The molecular formula is C44H55N3O9. The van der Waals surface area contributed by atoms with E-state index in [-0.39, 0.29) is 49.7 Å². The predicted molar refractivity (Wildman–Crippen MR) is 215 cm³/mol. The van der Waals surface area contributed by atoms with E-state index in [1.807, 2.05) is 38.2 Å². The van der Waals surface area contributed by atoms with Gasteiger partial charge in [0.25, 0.3) is 0 Å². The summed E-state index contributed by atoms with van der Waals surface area (Å²) in [7, 11) is 3.36. The van der Waals surface area contributed by atoms with Gasteiger partial charge >= 0.3 is 0 Å². The maximum atomic E-state index is 12.3. The first-order chi connectivity index (χ1) is 27.2. The lowest BCUT2D eigenvalue weighted by Gasteiger charge is -2.39. The highest BCUT2D eigenvalue weighted by Crippen LogP contribution is 2.57. The van der Waals surface area contributed by atoms with Crippen LogP contribution in [0.4, 0.5) is 5.69 Å². The first-order valence-corrected chi connectivity index (χ1v) is 19.7. The van der Waals surface area contributed by atoms with Crippen LogP contribution in [0.3, 0.4) is 0 Å². The summed E-state index contributed by atoms with van der Waals surface area (Å²) in [4.78, 5) is 0. The maximum Gasteiger partial charge on any atom is 0.200 e. The number of phenols is 1. The highest BCUT2D eigenvalue weighted by molar-refractivity contribution is 5.93. The molecule has 0 radical (unpaired) electrons. The molecule has 300 valence electrons. The van der Waals surface area contributed by atoms with Gasteiger partial charge in [-0.3, -0.25) is 5.32 Å². The van der Waals surface area contributed by atoms with Gasteiger partial charge in [0.2, 0.25) is 5.75 Å². The van der Waals surface area contributed by atoms with E-state index < -0.39 is 18.2 Å². The molecule has 0 aromatic heterocycles. The number of aliphatic hydroxyl groups excluding tert-OH is 3. The fourth-order valence-corrected chi connectivity index (χ4v) is 8.35. The van der Waals surface area contributed by atoms with Gasteiger partial charge in [-0.1, -0.05) is 45.0 Å². The molecule has 7 N–H and O–H groups in total. The fraction of sp³-hybridized carbons (Fsp3) is 0.455. The summed E-state index contributed by atoms with van der Waals surface area (Å²) in [5.74, 6) is 1.62. The van der Waals surface area contributed by atoms with E-state index in [4.69, 9.17) is 23.7 Å². The third-order valence-corrected chi connectivity index (χ3v) is 11.2. The van der Waals surface area contributed by atoms with Crippen molar-refractivity contribution in [3.63, 3.8) is 0 Å². The van der Waals surface area contributed by atoms with Crippen LogP contribution < -0.4 is 39.6 Å². The zero-order chi connectivity index (χ0) is 39.5. The monoisotopic (exact) mass is 769 g/mol. The molecule has 2 heterocycles. The van der Waals surface area contributed by atoms with E-state index in [1.54, 1.807) is 12.1 Å². The number of ether oxygens (including phenoxy) is 5. The number of rotatable bonds is 17. The number of aromatic hydroxyl groups is 1. The predicted octanol–water partition coefficient (Wildman–Crippen LogP) is 5.69. The van der Waals surface area contributed by atoms with Crippen molar-refractivity contribution in [2.45, 2.75) is 64.2 Å². The first kappa shape index (κ1) is 39.5. The largest absolute Gasteiger partial charge is 0.502 e. The minimum Gasteiger partial charge on any atom is -0.502 e. The third-order valence-electron chi connectivity index (χ3n) is 11.2. The molecule has 0 spiro atoms. The van der Waals surface area contributed by atoms with Crippen molar-refractivity contribution >= 4 is 5.69 Å². The molecule has 0 saturated carbocycles. The van der Waals surface area contributed by atoms with E-state index >= 15 is 0 Å². The number of phenolic OH excluding ortho intramolecular Hbond substituents is 1. The normalized spacial score (nSPS) is 18.3. The summed E-state index contributed by atoms with van der Waals surface area (Å²) in [6.07, 6.45) is -0.168. The summed E-state index contributed by atoms with van der Waals surface area (Å²) in [6, 6.07) is 15.4. The van der Waals surface area contributed by atoms with Crippen LogP contribution in [0.25, 0.3) is 11.1 Å². The Morgan fingerprint density at radius 1 is 0.929 bits per heavy atom. The fourth-order valence-electron chi connectivity index (χ4n) is 8.35. The Bertz CT molecular complexity index is 2040. The van der Waals surface area contributed by atoms with Crippen LogP contribution in [0.2, 0.25) is 0 Å². The number of likely N-dealkylation sites (N-methyl/N-ethyl adjacent to an activating group) is 1. The summed E-state index contributed by atoms with van der Waals surface area (Å²) in [5.41, 5.74) is 8.76. The molecule has 3 aliphatic rings. The number of aliphatic hydroxyl groups is 3. The van der Waals surface area contributed by atoms with Crippen molar-refractivity contribution in [2.75, 3.05) is 65.7 Å². The van der Waals surface area contributed by atoms with Crippen molar-refractivity contribution in [2.24, 2.45) is 5.92 Å². The second kappa shape index (κ2) is 17.2. The Balaban J connectivity index is 1.22. The van der Waals surface area contributed by atoms with Gasteiger partial charge < -0.3 is 54.7 Å². The zero-order valence-corrected chi connectivity index (χ0v) is 32.9. The highest BCUT2D eigenvalue weighted by Gasteiger charge is 2.41. The molecule has 12 heteroatoms. The molecule has 1 aliphatic carbocycles. The summed E-state index contributed by atoms with van der Waals surface area (Å²) < 4.78 is 30.7. The van der Waals surface area contributed by atoms with Gasteiger partial charge in [-0.25, -0.2) is 0 Å². The number of nitrogens with one attached hydrogen (secondary N) is 3. The molecule has 4 unspecified atom stereocenters. The SMILES string of the molecule is CCNCOc1cc(OCCNC)c2c3c1C(O)Nc1cc4c(c(c1-3)CC2)C(O)C(c1cc(OC)c(O)c(OCC(CO)Cc2ccccc2C(C)C)c1)CO4. The summed E-state index contributed by atoms with van der Waals surface area (Å²) in [6.45, 7) is 8.64. The number of hydrogen-bond donors (Lipinski definition) is 7. The van der Waals surface area contributed by atoms with Crippen molar-refractivity contribution in [3.05, 3.63) is 87.5 Å². The lowest BCUT2D eigenvalue weighted by atomic mass is 9.74. The molecule has 4 aromatic rings. The number of benzene rings is 4. The van der Waals surface area contributed by atoms with E-state index in [2.05, 4.69) is 41.9 Å². The minimum atomic E-state index is -1.04. The third kappa shape index (κ3) is 7.56. The van der Waals surface area contributed by atoms with Crippen LogP contribution in [-0.4, -0.2) is 80.8 Å². The minimum absolute atomic E-state index is 0.0907. The molecule has 4 aromatic carbocycles. The maximum absolute atomic E-state index is 12.3. The smallest absolute Gasteiger partial charge is 0.200 e. The standard InChI is InChI=1S/C44H55N3O9/c1-6-46-23-56-35-19-33(53-14-13-45-4)29-11-12-30-38-32(47-44(51)41(35)40(29)38)18-34-39(30)42(49)31(22-55-34)27-16-36(52-5)43(50)37(17-27)54-21-25(20-48)15-26-9-7-8-10-28(26)24(2)3/h7-10,16-19,24-25,31,42,44-51H,6,11-15,20-23H2,1-5H3. The van der Waals surface area contributed by atoms with Crippen LogP contribution >= 0.6 is 0 Å². The number of hydrogen-bond acceptors (Lipinski definition) is 12. The Labute approximate surface area is 328 Å². The number of fused-ring (bicyclic) bond motifs is 2. The van der Waals surface area contributed by atoms with Crippen LogP contribution in [0, 0.1) is 5.92 Å². The van der Waals surface area contributed by atoms with Crippen LogP contribution in [-0.2, 0) is 19.3 Å². The van der Waals surface area contributed by atoms with Crippen molar-refractivity contribution < 1.29 is 44.1 Å². The second-order valence-corrected chi connectivity index (χ2v) is 15.1. The van der Waals surface area contributed by atoms with Gasteiger partial charge in [0.15, 0.2) is 17.7 Å². The summed E-state index contributed by atoms with van der Waals surface area (Å²) >= 11 is 0. The average Bonchev–Trinajstić information content (AvgIpc) is 3.19. The number of anilines is 1. The van der Waals surface area contributed by atoms with E-state index in [1.165, 1.54) is 12.7 Å². The molecule has 0 saturated heterocycles. The molecule has 2 aliphatic heterocycles. The Morgan fingerprint density at radius 2 is 1.71 bits per heavy atom. The zero-order valence-electron chi connectivity index (χ0n) is 32.9. The highest BCUT2D eigenvalue weighted by atomic mass is 16.5. The van der Waals surface area contributed by atoms with Crippen molar-refractivity contribution in [1.29, 1.82) is 0 Å². The molecule has 7 rings (SSSR count). The lowest BCUT2D eigenvalue weighted by Crippen LogP contribution is -2.29. The molecule has 12 nitrogen and oxygen atoms in total. The molecule has 56 heavy (non-hydrogen) atoms. The summed E-state index contributed by atoms with van der Waals surface area (Å²) in [5, 5.41) is 55.0. The molecule has 0 fully saturated rings. The Kier molecular flexibility index (Phi) is 12.1. The molecule has 0 bridgehead atoms. The van der Waals surface area contributed by atoms with E-state index in [0.29, 0.717) is 78.0 Å². The number of methoxy groups -OCH3 is 1. The van der Waals surface area contributed by atoms with Gasteiger partial charge in [0, 0.05) is 65.1 Å². The Morgan fingerprint density at radius 3 is 2.46 bits per heavy atom. The Hall–Kier alpha value is -4.72. The van der Waals surface area contributed by atoms with Gasteiger partial charge in [0.1, 0.15) is 30.6 Å². The quantitative estimate of drug-likeness (QED) is 0.0520. The molecular weight excluding hydrogens is 714 g/mol.